The van der Waals surface area contributed by atoms with Crippen LogP contribution in [0.15, 0.2) is 12.7 Å². The summed E-state index contributed by atoms with van der Waals surface area (Å²) in [6.07, 6.45) is 2.86. The molecule has 5 heteroatoms. The molecule has 160 valence electrons. The summed E-state index contributed by atoms with van der Waals surface area (Å²) in [5, 5.41) is 20.6. The number of aliphatic hydroxyl groups excluding tert-OH is 2. The second kappa shape index (κ2) is 7.91. The van der Waals surface area contributed by atoms with Gasteiger partial charge in [0.2, 0.25) is 0 Å². The molecule has 0 aromatic rings. The van der Waals surface area contributed by atoms with Crippen molar-refractivity contribution in [3.8, 4) is 0 Å². The lowest BCUT2D eigenvalue weighted by atomic mass is 9.48. The van der Waals surface area contributed by atoms with Gasteiger partial charge in [-0.05, 0) is 30.1 Å². The van der Waals surface area contributed by atoms with Crippen molar-refractivity contribution in [2.75, 3.05) is 6.61 Å². The molecule has 2 aliphatic rings. The number of ether oxygens (including phenoxy) is 1. The predicted molar refractivity (Wildman–Crippen MR) is 108 cm³/mol. The summed E-state index contributed by atoms with van der Waals surface area (Å²) in [5.41, 5.74) is -1.67. The number of aliphatic hydroxyl groups is 2. The molecule has 2 rings (SSSR count). The number of hydrogen-bond acceptors (Lipinski definition) is 5. The Morgan fingerprint density at radius 3 is 2.50 bits per heavy atom. The molecular formula is C23H38O5. The van der Waals surface area contributed by atoms with E-state index in [0.717, 1.165) is 6.42 Å². The second-order valence-corrected chi connectivity index (χ2v) is 9.86. The van der Waals surface area contributed by atoms with Crippen LogP contribution in [0, 0.1) is 34.0 Å². The van der Waals surface area contributed by atoms with Gasteiger partial charge in [-0.25, -0.2) is 4.79 Å². The number of Topliss-reactive ketones (excluding diaryl/α,β-unsaturated/α-hetero) is 1. The zero-order valence-corrected chi connectivity index (χ0v) is 18.3. The molecular weight excluding hydrogens is 356 g/mol. The van der Waals surface area contributed by atoms with Gasteiger partial charge in [0.15, 0.2) is 0 Å². The van der Waals surface area contributed by atoms with E-state index in [4.69, 9.17) is 4.74 Å². The fourth-order valence-corrected chi connectivity index (χ4v) is 6.07. The van der Waals surface area contributed by atoms with Crippen molar-refractivity contribution in [1.29, 1.82) is 0 Å². The molecule has 0 heterocycles. The van der Waals surface area contributed by atoms with Gasteiger partial charge in [0.1, 0.15) is 18.5 Å². The summed E-state index contributed by atoms with van der Waals surface area (Å²) in [5.74, 6) is -0.806. The van der Waals surface area contributed by atoms with Crippen molar-refractivity contribution in [3.63, 3.8) is 0 Å². The molecule has 0 aromatic carbocycles. The molecule has 8 atom stereocenters. The molecule has 28 heavy (non-hydrogen) atoms. The normalized spacial score (nSPS) is 44.9. The monoisotopic (exact) mass is 394 g/mol. The summed E-state index contributed by atoms with van der Waals surface area (Å²) in [7, 11) is 0. The largest absolute Gasteiger partial charge is 0.460 e. The van der Waals surface area contributed by atoms with Gasteiger partial charge in [-0.3, -0.25) is 4.79 Å². The molecule has 0 spiro atoms. The van der Waals surface area contributed by atoms with Crippen molar-refractivity contribution >= 4 is 11.8 Å². The van der Waals surface area contributed by atoms with E-state index in [9.17, 15) is 19.8 Å². The molecule has 0 aromatic heterocycles. The molecule has 8 unspecified atom stereocenters. The van der Waals surface area contributed by atoms with E-state index in [1.54, 1.807) is 6.08 Å². The predicted octanol–water partition coefficient (Wildman–Crippen LogP) is 3.52. The van der Waals surface area contributed by atoms with Crippen LogP contribution in [0.3, 0.4) is 0 Å². The Hall–Kier alpha value is -1.20. The van der Waals surface area contributed by atoms with Gasteiger partial charge >= 0.3 is 5.97 Å². The van der Waals surface area contributed by atoms with Crippen LogP contribution in [0.4, 0.5) is 0 Å². The molecule has 0 radical (unpaired) electrons. The Kier molecular flexibility index (Phi) is 6.52. The molecule has 2 saturated carbocycles. The third-order valence-electron chi connectivity index (χ3n) is 8.57. The first-order chi connectivity index (χ1) is 12.9. The summed E-state index contributed by atoms with van der Waals surface area (Å²) >= 11 is 0. The fraction of sp³-hybridized carbons (Fsp3) is 0.826. The minimum Gasteiger partial charge on any atom is -0.460 e. The van der Waals surface area contributed by atoms with Crippen molar-refractivity contribution in [2.24, 2.45) is 34.0 Å². The first kappa shape index (κ1) is 23.1. The second-order valence-electron chi connectivity index (χ2n) is 9.86. The molecule has 2 N–H and O–H groups in total. The van der Waals surface area contributed by atoms with E-state index in [-0.39, 0.29) is 23.5 Å². The van der Waals surface area contributed by atoms with Crippen molar-refractivity contribution in [1.82, 2.24) is 0 Å². The maximum atomic E-state index is 13.2. The van der Waals surface area contributed by atoms with Gasteiger partial charge in [0.05, 0.1) is 6.10 Å². The SMILES string of the molecule is C=CC1(C)CC(OC(=O)CO)C(C)(C(C)CC)C2C(=O)CCC2(C)C(C)C1O. The van der Waals surface area contributed by atoms with E-state index >= 15 is 0 Å². The van der Waals surface area contributed by atoms with E-state index in [1.165, 1.54) is 0 Å². The lowest BCUT2D eigenvalue weighted by molar-refractivity contribution is -0.192. The van der Waals surface area contributed by atoms with Crippen LogP contribution in [-0.2, 0) is 14.3 Å². The van der Waals surface area contributed by atoms with E-state index in [1.807, 2.05) is 13.8 Å². The van der Waals surface area contributed by atoms with Gasteiger partial charge < -0.3 is 14.9 Å². The molecule has 2 fully saturated rings. The molecule has 0 aliphatic heterocycles. The van der Waals surface area contributed by atoms with Gasteiger partial charge in [0, 0.05) is 23.2 Å². The highest BCUT2D eigenvalue weighted by Gasteiger charge is 2.64. The molecule has 2 aliphatic carbocycles. The summed E-state index contributed by atoms with van der Waals surface area (Å²) in [6.45, 7) is 15.6. The Labute approximate surface area is 169 Å². The van der Waals surface area contributed by atoms with Gasteiger partial charge in [-0.1, -0.05) is 54.0 Å². The smallest absolute Gasteiger partial charge is 0.332 e. The topological polar surface area (TPSA) is 83.8 Å². The van der Waals surface area contributed by atoms with Crippen LogP contribution in [0.25, 0.3) is 0 Å². The maximum absolute atomic E-state index is 13.2. The fourth-order valence-electron chi connectivity index (χ4n) is 6.07. The van der Waals surface area contributed by atoms with Crippen LogP contribution < -0.4 is 0 Å². The van der Waals surface area contributed by atoms with Crippen LogP contribution in [0.5, 0.6) is 0 Å². The van der Waals surface area contributed by atoms with E-state index < -0.39 is 41.0 Å². The first-order valence-electron chi connectivity index (χ1n) is 10.6. The first-order valence-corrected chi connectivity index (χ1v) is 10.6. The number of fused-ring (bicyclic) bond motifs is 1. The molecule has 0 saturated heterocycles. The number of rotatable bonds is 5. The zero-order chi connectivity index (χ0) is 21.5. The highest BCUT2D eigenvalue weighted by atomic mass is 16.6. The summed E-state index contributed by atoms with van der Waals surface area (Å²) < 4.78 is 5.80. The van der Waals surface area contributed by atoms with Crippen molar-refractivity contribution < 1.29 is 24.5 Å². The zero-order valence-electron chi connectivity index (χ0n) is 18.3. The Morgan fingerprint density at radius 1 is 1.39 bits per heavy atom. The lowest BCUT2D eigenvalue weighted by Gasteiger charge is -2.57. The highest BCUT2D eigenvalue weighted by Crippen LogP contribution is 2.63. The van der Waals surface area contributed by atoms with Gasteiger partial charge in [0.25, 0.3) is 0 Å². The van der Waals surface area contributed by atoms with Crippen LogP contribution >= 0.6 is 0 Å². The highest BCUT2D eigenvalue weighted by molar-refractivity contribution is 5.85. The van der Waals surface area contributed by atoms with Crippen molar-refractivity contribution in [3.05, 3.63) is 12.7 Å². The standard InChI is InChI=1S/C23H38O5/c1-8-14(3)23(7)17(28-18(26)13-24)12-21(5,9-2)20(27)15(4)22(6)11-10-16(25)19(22)23/h9,14-15,17,19-20,24,27H,2,8,10-13H2,1,3-7H3. The molecule has 0 bridgehead atoms. The van der Waals surface area contributed by atoms with E-state index in [2.05, 4.69) is 34.3 Å². The van der Waals surface area contributed by atoms with Gasteiger partial charge in [-0.15, -0.1) is 6.58 Å². The van der Waals surface area contributed by atoms with Crippen LogP contribution in [-0.4, -0.2) is 40.8 Å². The van der Waals surface area contributed by atoms with Crippen molar-refractivity contribution in [2.45, 2.75) is 79.4 Å². The Morgan fingerprint density at radius 2 is 2.00 bits per heavy atom. The Balaban J connectivity index is 2.75. The summed E-state index contributed by atoms with van der Waals surface area (Å²) in [6, 6.07) is 0. The number of hydrogen-bond donors (Lipinski definition) is 2. The molecule has 5 nitrogen and oxygen atoms in total. The maximum Gasteiger partial charge on any atom is 0.332 e. The average Bonchev–Trinajstić information content (AvgIpc) is 2.99. The third kappa shape index (κ3) is 3.35. The molecule has 0 amide bonds. The third-order valence-corrected chi connectivity index (χ3v) is 8.57. The Bertz CT molecular complexity index is 630. The summed E-state index contributed by atoms with van der Waals surface area (Å²) in [4.78, 5) is 25.3. The van der Waals surface area contributed by atoms with E-state index in [0.29, 0.717) is 19.3 Å². The lowest BCUT2D eigenvalue weighted by Crippen LogP contribution is -2.60. The minimum absolute atomic E-state index is 0.107. The van der Waals surface area contributed by atoms with Crippen LogP contribution in [0.2, 0.25) is 0 Å². The van der Waals surface area contributed by atoms with Gasteiger partial charge in [-0.2, -0.15) is 0 Å². The number of carbonyl (C=O) groups is 2. The van der Waals surface area contributed by atoms with Crippen LogP contribution in [0.1, 0.15) is 67.2 Å². The number of esters is 1. The average molecular weight is 395 g/mol. The number of carbonyl (C=O) groups excluding carboxylic acids is 2. The minimum atomic E-state index is -0.708. The quantitative estimate of drug-likeness (QED) is 0.551. The number of ketones is 1.